The summed E-state index contributed by atoms with van der Waals surface area (Å²) in [5, 5.41) is 8.41. The van der Waals surface area contributed by atoms with E-state index < -0.39 is 0 Å². The minimum atomic E-state index is -0.301. The Morgan fingerprint density at radius 1 is 1.48 bits per heavy atom. The van der Waals surface area contributed by atoms with Crippen molar-refractivity contribution in [1.29, 1.82) is 0 Å². The number of ether oxygens (including phenoxy) is 2. The van der Waals surface area contributed by atoms with Gasteiger partial charge in [-0.25, -0.2) is 0 Å². The van der Waals surface area contributed by atoms with Gasteiger partial charge in [-0.05, 0) is 18.2 Å². The maximum Gasteiger partial charge on any atom is 0.257 e. The summed E-state index contributed by atoms with van der Waals surface area (Å²) in [5.74, 6) is 1.06. The number of benzene rings is 1. The zero-order valence-corrected chi connectivity index (χ0v) is 13.7. The lowest BCUT2D eigenvalue weighted by Crippen LogP contribution is -2.43. The molecule has 1 atom stereocenters. The first-order valence-corrected chi connectivity index (χ1v) is 7.56. The summed E-state index contributed by atoms with van der Waals surface area (Å²) >= 11 is 6.01. The molecule has 1 aromatic heterocycles. The van der Waals surface area contributed by atoms with E-state index in [-0.39, 0.29) is 12.0 Å². The molecular formula is C15H17ClN4O3. The molecule has 0 bridgehead atoms. The molecule has 7 nitrogen and oxygen atoms in total. The van der Waals surface area contributed by atoms with Crippen LogP contribution in [0.25, 0.3) is 0 Å². The van der Waals surface area contributed by atoms with E-state index in [0.29, 0.717) is 41.9 Å². The van der Waals surface area contributed by atoms with Crippen LogP contribution >= 0.6 is 11.6 Å². The Hall–Kier alpha value is -2.12. The first-order chi connectivity index (χ1) is 11.1. The Labute approximate surface area is 138 Å². The van der Waals surface area contributed by atoms with Crippen LogP contribution in [0, 0.1) is 0 Å². The van der Waals surface area contributed by atoms with Gasteiger partial charge < -0.3 is 18.9 Å². The van der Waals surface area contributed by atoms with E-state index >= 15 is 0 Å². The van der Waals surface area contributed by atoms with E-state index in [9.17, 15) is 4.79 Å². The van der Waals surface area contributed by atoms with E-state index in [1.165, 1.54) is 7.11 Å². The maximum atomic E-state index is 12.8. The Kier molecular flexibility index (Phi) is 4.49. The second-order valence-corrected chi connectivity index (χ2v) is 5.69. The van der Waals surface area contributed by atoms with Gasteiger partial charge in [0.15, 0.2) is 5.82 Å². The van der Waals surface area contributed by atoms with Crippen molar-refractivity contribution in [2.75, 3.05) is 26.8 Å². The van der Waals surface area contributed by atoms with Crippen LogP contribution in [0.2, 0.25) is 5.02 Å². The molecule has 2 heterocycles. The van der Waals surface area contributed by atoms with Crippen LogP contribution in [-0.2, 0) is 11.8 Å². The lowest BCUT2D eigenvalue weighted by molar-refractivity contribution is -0.0281. The van der Waals surface area contributed by atoms with Crippen LogP contribution in [0.15, 0.2) is 24.5 Å². The fourth-order valence-corrected chi connectivity index (χ4v) is 2.76. The smallest absolute Gasteiger partial charge is 0.257 e. The average molecular weight is 337 g/mol. The van der Waals surface area contributed by atoms with Crippen molar-refractivity contribution in [2.24, 2.45) is 7.05 Å². The van der Waals surface area contributed by atoms with Gasteiger partial charge in [-0.3, -0.25) is 4.79 Å². The molecule has 1 fully saturated rings. The van der Waals surface area contributed by atoms with Gasteiger partial charge in [0.05, 0.1) is 25.8 Å². The number of aryl methyl sites for hydroxylation is 1. The molecule has 1 saturated heterocycles. The van der Waals surface area contributed by atoms with Gasteiger partial charge in [-0.15, -0.1) is 10.2 Å². The lowest BCUT2D eigenvalue weighted by atomic mass is 10.1. The molecule has 1 amide bonds. The summed E-state index contributed by atoms with van der Waals surface area (Å²) in [5.41, 5.74) is 0.443. The highest BCUT2D eigenvalue weighted by molar-refractivity contribution is 6.31. The van der Waals surface area contributed by atoms with Gasteiger partial charge in [0, 0.05) is 18.6 Å². The number of carbonyl (C=O) groups is 1. The van der Waals surface area contributed by atoms with E-state index in [1.54, 1.807) is 34.0 Å². The standard InChI is InChI=1S/C15H17ClN4O3/c1-19-9-17-18-14(19)13-8-20(5-6-23-13)15(21)11-7-10(16)3-4-12(11)22-2/h3-4,7,9,13H,5-6,8H2,1-2H3/t13-/m1/s1. The summed E-state index contributed by atoms with van der Waals surface area (Å²) in [6.45, 7) is 1.34. The zero-order chi connectivity index (χ0) is 16.4. The fraction of sp³-hybridized carbons (Fsp3) is 0.400. The fourth-order valence-electron chi connectivity index (χ4n) is 2.59. The molecule has 8 heteroatoms. The zero-order valence-electron chi connectivity index (χ0n) is 12.9. The number of nitrogens with zero attached hydrogens (tertiary/aromatic N) is 4. The summed E-state index contributed by atoms with van der Waals surface area (Å²) in [6.07, 6.45) is 1.31. The molecule has 1 aliphatic heterocycles. The van der Waals surface area contributed by atoms with Gasteiger partial charge in [-0.2, -0.15) is 0 Å². The molecule has 3 rings (SSSR count). The molecule has 0 spiro atoms. The summed E-state index contributed by atoms with van der Waals surface area (Å²) in [7, 11) is 3.38. The highest BCUT2D eigenvalue weighted by Crippen LogP contribution is 2.27. The van der Waals surface area contributed by atoms with Crippen molar-refractivity contribution in [2.45, 2.75) is 6.10 Å². The number of rotatable bonds is 3. The van der Waals surface area contributed by atoms with Gasteiger partial charge in [0.2, 0.25) is 0 Å². The average Bonchev–Trinajstić information content (AvgIpc) is 3.00. The van der Waals surface area contributed by atoms with Gasteiger partial charge in [0.25, 0.3) is 5.91 Å². The molecule has 122 valence electrons. The molecule has 23 heavy (non-hydrogen) atoms. The van der Waals surface area contributed by atoms with E-state index in [1.807, 2.05) is 7.05 Å². The van der Waals surface area contributed by atoms with Crippen LogP contribution in [0.1, 0.15) is 22.3 Å². The SMILES string of the molecule is COc1ccc(Cl)cc1C(=O)N1CCO[C@@H](c2nncn2C)C1. The normalized spacial score (nSPS) is 18.0. The third-order valence-corrected chi connectivity index (χ3v) is 4.02. The highest BCUT2D eigenvalue weighted by Gasteiger charge is 2.30. The predicted molar refractivity (Wildman–Crippen MR) is 83.6 cm³/mol. The van der Waals surface area contributed by atoms with Crippen molar-refractivity contribution in [3.05, 3.63) is 40.9 Å². The molecule has 1 aliphatic rings. The van der Waals surface area contributed by atoms with Crippen LogP contribution < -0.4 is 4.74 Å². The number of morpholine rings is 1. The van der Waals surface area contributed by atoms with Crippen molar-refractivity contribution in [3.8, 4) is 5.75 Å². The Morgan fingerprint density at radius 3 is 3.00 bits per heavy atom. The highest BCUT2D eigenvalue weighted by atomic mass is 35.5. The van der Waals surface area contributed by atoms with Crippen molar-refractivity contribution >= 4 is 17.5 Å². The molecular weight excluding hydrogens is 320 g/mol. The maximum absolute atomic E-state index is 12.8. The van der Waals surface area contributed by atoms with Gasteiger partial charge in [0.1, 0.15) is 18.2 Å². The van der Waals surface area contributed by atoms with E-state index in [2.05, 4.69) is 10.2 Å². The van der Waals surface area contributed by atoms with E-state index in [4.69, 9.17) is 21.1 Å². The van der Waals surface area contributed by atoms with Crippen LogP contribution in [0.4, 0.5) is 0 Å². The number of hydrogen-bond acceptors (Lipinski definition) is 5. The minimum absolute atomic E-state index is 0.139. The molecule has 0 N–H and O–H groups in total. The number of halogens is 1. The Balaban J connectivity index is 1.83. The largest absolute Gasteiger partial charge is 0.496 e. The first kappa shape index (κ1) is 15.8. The molecule has 0 radical (unpaired) electrons. The second kappa shape index (κ2) is 6.55. The molecule has 0 aliphatic carbocycles. The molecule has 0 saturated carbocycles. The Bertz CT molecular complexity index is 718. The third kappa shape index (κ3) is 3.16. The predicted octanol–water partition coefficient (Wildman–Crippen LogP) is 1.69. The van der Waals surface area contributed by atoms with Crippen LogP contribution in [-0.4, -0.2) is 52.4 Å². The van der Waals surface area contributed by atoms with Crippen LogP contribution in [0.5, 0.6) is 5.75 Å². The number of methoxy groups -OCH3 is 1. The number of hydrogen-bond donors (Lipinski definition) is 0. The number of amides is 1. The van der Waals surface area contributed by atoms with E-state index in [0.717, 1.165) is 0 Å². The topological polar surface area (TPSA) is 69.5 Å². The van der Waals surface area contributed by atoms with Crippen molar-refractivity contribution < 1.29 is 14.3 Å². The van der Waals surface area contributed by atoms with Gasteiger partial charge in [-0.1, -0.05) is 11.6 Å². The molecule has 1 aromatic carbocycles. The molecule has 2 aromatic rings. The van der Waals surface area contributed by atoms with Crippen LogP contribution in [0.3, 0.4) is 0 Å². The summed E-state index contributed by atoms with van der Waals surface area (Å²) < 4.78 is 12.8. The summed E-state index contributed by atoms with van der Waals surface area (Å²) in [4.78, 5) is 14.5. The number of carbonyl (C=O) groups excluding carboxylic acids is 1. The van der Waals surface area contributed by atoms with Gasteiger partial charge >= 0.3 is 0 Å². The minimum Gasteiger partial charge on any atom is -0.496 e. The van der Waals surface area contributed by atoms with Crippen molar-refractivity contribution in [1.82, 2.24) is 19.7 Å². The Morgan fingerprint density at radius 2 is 2.30 bits per heavy atom. The quantitative estimate of drug-likeness (QED) is 0.853. The first-order valence-electron chi connectivity index (χ1n) is 7.18. The second-order valence-electron chi connectivity index (χ2n) is 5.26. The third-order valence-electron chi connectivity index (χ3n) is 3.78. The van der Waals surface area contributed by atoms with Crippen molar-refractivity contribution in [3.63, 3.8) is 0 Å². The number of aromatic nitrogens is 3. The monoisotopic (exact) mass is 336 g/mol. The molecule has 0 unspecified atom stereocenters. The lowest BCUT2D eigenvalue weighted by Gasteiger charge is -2.32. The summed E-state index contributed by atoms with van der Waals surface area (Å²) in [6, 6.07) is 5.00.